The van der Waals surface area contributed by atoms with Crippen LogP contribution in [0.5, 0.6) is 0 Å². The molecule has 0 radical (unpaired) electrons. The Kier molecular flexibility index (Phi) is 2.86. The molecule has 0 aromatic carbocycles. The second-order valence-corrected chi connectivity index (χ2v) is 3.37. The lowest BCUT2D eigenvalue weighted by molar-refractivity contribution is -0.386. The lowest BCUT2D eigenvalue weighted by Gasteiger charge is -2.04. The van der Waals surface area contributed by atoms with E-state index in [0.717, 1.165) is 0 Å². The summed E-state index contributed by atoms with van der Waals surface area (Å²) in [7, 11) is 0. The Labute approximate surface area is 86.4 Å². The standard InChI is InChI=1S/C9H9ClN2O2/c1-5(2)8-9(12(13)14)6(3)7(10)4-11-8/h4H,1H2,2-3H3. The van der Waals surface area contributed by atoms with E-state index in [9.17, 15) is 10.1 Å². The quantitative estimate of drug-likeness (QED) is 0.559. The average molecular weight is 213 g/mol. The molecule has 0 amide bonds. The highest BCUT2D eigenvalue weighted by Gasteiger charge is 2.21. The molecule has 0 aliphatic rings. The van der Waals surface area contributed by atoms with Gasteiger partial charge in [0, 0.05) is 11.8 Å². The fourth-order valence-corrected chi connectivity index (χ4v) is 1.24. The van der Waals surface area contributed by atoms with E-state index in [0.29, 0.717) is 16.2 Å². The summed E-state index contributed by atoms with van der Waals surface area (Å²) in [5.41, 5.74) is 1.20. The third-order valence-corrected chi connectivity index (χ3v) is 2.21. The lowest BCUT2D eigenvalue weighted by atomic mass is 10.1. The van der Waals surface area contributed by atoms with Crippen molar-refractivity contribution in [2.24, 2.45) is 0 Å². The third kappa shape index (κ3) is 1.75. The van der Waals surface area contributed by atoms with Crippen LogP contribution < -0.4 is 0 Å². The van der Waals surface area contributed by atoms with Gasteiger partial charge in [-0.1, -0.05) is 18.2 Å². The molecule has 0 saturated carbocycles. The Hall–Kier alpha value is -1.42. The van der Waals surface area contributed by atoms with Crippen LogP contribution in [0.3, 0.4) is 0 Å². The van der Waals surface area contributed by atoms with Crippen LogP contribution in [-0.2, 0) is 0 Å². The van der Waals surface area contributed by atoms with Gasteiger partial charge in [-0.15, -0.1) is 0 Å². The molecular weight excluding hydrogens is 204 g/mol. The third-order valence-electron chi connectivity index (χ3n) is 1.83. The molecule has 1 aromatic heterocycles. The molecule has 0 saturated heterocycles. The van der Waals surface area contributed by atoms with Crippen molar-refractivity contribution in [1.29, 1.82) is 0 Å². The highest BCUT2D eigenvalue weighted by atomic mass is 35.5. The Morgan fingerprint density at radius 1 is 1.71 bits per heavy atom. The van der Waals surface area contributed by atoms with Crippen molar-refractivity contribution in [2.75, 3.05) is 0 Å². The first-order chi connectivity index (χ1) is 6.45. The first-order valence-corrected chi connectivity index (χ1v) is 4.28. The van der Waals surface area contributed by atoms with E-state index < -0.39 is 4.92 Å². The number of nitro groups is 1. The number of aromatic nitrogens is 1. The Morgan fingerprint density at radius 2 is 2.29 bits per heavy atom. The summed E-state index contributed by atoms with van der Waals surface area (Å²) in [6.45, 7) is 6.89. The van der Waals surface area contributed by atoms with Gasteiger partial charge in [-0.05, 0) is 19.4 Å². The minimum atomic E-state index is -0.488. The van der Waals surface area contributed by atoms with Gasteiger partial charge in [-0.3, -0.25) is 10.1 Å². The first kappa shape index (κ1) is 10.7. The summed E-state index contributed by atoms with van der Waals surface area (Å²) >= 11 is 5.74. The zero-order valence-corrected chi connectivity index (χ0v) is 8.63. The summed E-state index contributed by atoms with van der Waals surface area (Å²) in [6, 6.07) is 0. The summed E-state index contributed by atoms with van der Waals surface area (Å²) < 4.78 is 0. The molecule has 0 aliphatic carbocycles. The normalized spacial score (nSPS) is 9.93. The van der Waals surface area contributed by atoms with Crippen molar-refractivity contribution in [2.45, 2.75) is 13.8 Å². The van der Waals surface area contributed by atoms with Crippen molar-refractivity contribution in [3.8, 4) is 0 Å². The van der Waals surface area contributed by atoms with Gasteiger partial charge in [-0.25, -0.2) is 4.98 Å². The fourth-order valence-electron chi connectivity index (χ4n) is 1.11. The summed E-state index contributed by atoms with van der Waals surface area (Å²) in [5, 5.41) is 11.1. The molecular formula is C9H9ClN2O2. The van der Waals surface area contributed by atoms with Crippen LogP contribution in [0, 0.1) is 17.0 Å². The van der Waals surface area contributed by atoms with E-state index in [1.165, 1.54) is 6.20 Å². The van der Waals surface area contributed by atoms with Gasteiger partial charge in [0.15, 0.2) is 0 Å². The van der Waals surface area contributed by atoms with Crippen LogP contribution in [0.1, 0.15) is 18.2 Å². The van der Waals surface area contributed by atoms with E-state index in [2.05, 4.69) is 11.6 Å². The Morgan fingerprint density at radius 3 is 2.71 bits per heavy atom. The highest BCUT2D eigenvalue weighted by molar-refractivity contribution is 6.31. The van der Waals surface area contributed by atoms with Gasteiger partial charge in [-0.2, -0.15) is 0 Å². The van der Waals surface area contributed by atoms with Gasteiger partial charge in [0.1, 0.15) is 5.69 Å². The topological polar surface area (TPSA) is 56.0 Å². The maximum Gasteiger partial charge on any atom is 0.299 e. The number of rotatable bonds is 2. The van der Waals surface area contributed by atoms with Gasteiger partial charge in [0.2, 0.25) is 0 Å². The van der Waals surface area contributed by atoms with Crippen molar-refractivity contribution in [1.82, 2.24) is 4.98 Å². The summed E-state index contributed by atoms with van der Waals surface area (Å²) in [5.74, 6) is 0. The van der Waals surface area contributed by atoms with Gasteiger partial charge in [0.25, 0.3) is 5.69 Å². The number of pyridine rings is 1. The molecule has 74 valence electrons. The minimum Gasteiger partial charge on any atom is -0.258 e. The molecule has 1 heterocycles. The largest absolute Gasteiger partial charge is 0.299 e. The minimum absolute atomic E-state index is 0.0648. The van der Waals surface area contributed by atoms with Crippen molar-refractivity contribution in [3.05, 3.63) is 39.2 Å². The molecule has 0 aliphatic heterocycles. The van der Waals surface area contributed by atoms with Crippen LogP contribution in [0.2, 0.25) is 5.02 Å². The zero-order chi connectivity index (χ0) is 10.9. The predicted octanol–water partition coefficient (Wildman–Crippen LogP) is 2.98. The van der Waals surface area contributed by atoms with Crippen LogP contribution in [0.4, 0.5) is 5.69 Å². The molecule has 4 nitrogen and oxygen atoms in total. The summed E-state index contributed by atoms with van der Waals surface area (Å²) in [4.78, 5) is 14.2. The molecule has 0 bridgehead atoms. The number of hydrogen-bond acceptors (Lipinski definition) is 3. The maximum absolute atomic E-state index is 10.8. The van der Waals surface area contributed by atoms with E-state index in [-0.39, 0.29) is 11.4 Å². The molecule has 5 heteroatoms. The number of hydrogen-bond donors (Lipinski definition) is 0. The average Bonchev–Trinajstić information content (AvgIpc) is 2.08. The molecule has 14 heavy (non-hydrogen) atoms. The number of nitrogens with zero attached hydrogens (tertiary/aromatic N) is 2. The maximum atomic E-state index is 10.8. The van der Waals surface area contributed by atoms with Crippen LogP contribution >= 0.6 is 11.6 Å². The molecule has 0 unspecified atom stereocenters. The molecule has 0 fully saturated rings. The second kappa shape index (κ2) is 3.75. The first-order valence-electron chi connectivity index (χ1n) is 3.90. The second-order valence-electron chi connectivity index (χ2n) is 2.97. The molecule has 1 aromatic rings. The fraction of sp³-hybridized carbons (Fsp3) is 0.222. The monoisotopic (exact) mass is 212 g/mol. The van der Waals surface area contributed by atoms with Gasteiger partial charge < -0.3 is 0 Å². The molecule has 0 N–H and O–H groups in total. The Bertz CT molecular complexity index is 416. The van der Waals surface area contributed by atoms with E-state index >= 15 is 0 Å². The zero-order valence-electron chi connectivity index (χ0n) is 7.87. The molecule has 0 atom stereocenters. The van der Waals surface area contributed by atoms with Crippen molar-refractivity contribution in [3.63, 3.8) is 0 Å². The predicted molar refractivity (Wildman–Crippen MR) is 55.3 cm³/mol. The lowest BCUT2D eigenvalue weighted by Crippen LogP contribution is -1.99. The van der Waals surface area contributed by atoms with Crippen LogP contribution in [0.15, 0.2) is 12.8 Å². The van der Waals surface area contributed by atoms with Crippen LogP contribution in [-0.4, -0.2) is 9.91 Å². The SMILES string of the molecule is C=C(C)c1ncc(Cl)c(C)c1[N+](=O)[O-]. The van der Waals surface area contributed by atoms with E-state index in [1.807, 2.05) is 0 Å². The van der Waals surface area contributed by atoms with E-state index in [1.54, 1.807) is 13.8 Å². The van der Waals surface area contributed by atoms with Gasteiger partial charge in [0.05, 0.1) is 9.95 Å². The van der Waals surface area contributed by atoms with Crippen molar-refractivity contribution < 1.29 is 4.92 Å². The smallest absolute Gasteiger partial charge is 0.258 e. The number of allylic oxidation sites excluding steroid dienone is 1. The highest BCUT2D eigenvalue weighted by Crippen LogP contribution is 2.30. The molecule has 0 spiro atoms. The van der Waals surface area contributed by atoms with Crippen LogP contribution in [0.25, 0.3) is 5.57 Å². The van der Waals surface area contributed by atoms with Crippen molar-refractivity contribution >= 4 is 22.9 Å². The molecule has 1 rings (SSSR count). The van der Waals surface area contributed by atoms with E-state index in [4.69, 9.17) is 11.6 Å². The number of halogens is 1. The van der Waals surface area contributed by atoms with Gasteiger partial charge >= 0.3 is 0 Å². The summed E-state index contributed by atoms with van der Waals surface area (Å²) in [6.07, 6.45) is 1.40. The Balaban J connectivity index is 3.53.